The van der Waals surface area contributed by atoms with Crippen LogP contribution in [-0.4, -0.2) is 28.8 Å². The van der Waals surface area contributed by atoms with Crippen LogP contribution in [0, 0.1) is 17.8 Å². The number of allylic oxidation sites excluding steroid dienone is 1. The van der Waals surface area contributed by atoms with Crippen LogP contribution in [0.2, 0.25) is 0 Å². The van der Waals surface area contributed by atoms with Gasteiger partial charge in [-0.15, -0.1) is 6.42 Å². The zero-order chi connectivity index (χ0) is 16.7. The second-order valence-electron chi connectivity index (χ2n) is 7.35. The molecule has 1 aromatic rings. The van der Waals surface area contributed by atoms with Gasteiger partial charge in [-0.3, -0.25) is 9.78 Å². The SMILES string of the molecule is C#CC1=C(N2CCC3(CCC3)CC2)c2cc(CN)ncc2CC1=O. The molecule has 4 rings (SSSR count). The van der Waals surface area contributed by atoms with Crippen LogP contribution in [0.15, 0.2) is 17.8 Å². The third kappa shape index (κ3) is 2.35. The van der Waals surface area contributed by atoms with Gasteiger partial charge in [0.1, 0.15) is 0 Å². The highest BCUT2D eigenvalue weighted by atomic mass is 16.1. The molecule has 1 saturated heterocycles. The van der Waals surface area contributed by atoms with Gasteiger partial charge in [-0.1, -0.05) is 12.3 Å². The van der Waals surface area contributed by atoms with Crippen LogP contribution in [0.1, 0.15) is 48.9 Å². The average Bonchev–Trinajstić information content (AvgIpc) is 2.59. The minimum Gasteiger partial charge on any atom is -0.370 e. The molecule has 1 aliphatic heterocycles. The topological polar surface area (TPSA) is 59.2 Å². The molecule has 4 nitrogen and oxygen atoms in total. The van der Waals surface area contributed by atoms with Crippen molar-refractivity contribution in [3.63, 3.8) is 0 Å². The quantitative estimate of drug-likeness (QED) is 0.849. The van der Waals surface area contributed by atoms with Crippen molar-refractivity contribution in [3.8, 4) is 12.3 Å². The Labute approximate surface area is 143 Å². The Morgan fingerprint density at radius 1 is 1.29 bits per heavy atom. The molecule has 0 bridgehead atoms. The first kappa shape index (κ1) is 15.4. The van der Waals surface area contributed by atoms with Gasteiger partial charge in [0.05, 0.1) is 17.0 Å². The van der Waals surface area contributed by atoms with Crippen LogP contribution >= 0.6 is 0 Å². The molecule has 2 N–H and O–H groups in total. The van der Waals surface area contributed by atoms with Crippen LogP contribution in [0.3, 0.4) is 0 Å². The molecule has 4 heteroatoms. The molecule has 1 aromatic heterocycles. The lowest BCUT2D eigenvalue weighted by Crippen LogP contribution is -2.43. The number of hydrogen-bond donors (Lipinski definition) is 1. The molecule has 2 heterocycles. The van der Waals surface area contributed by atoms with Crippen LogP contribution in [-0.2, 0) is 17.8 Å². The number of pyridine rings is 1. The minimum atomic E-state index is 0.0335. The van der Waals surface area contributed by atoms with E-state index in [0.717, 1.165) is 35.6 Å². The largest absolute Gasteiger partial charge is 0.370 e. The van der Waals surface area contributed by atoms with Crippen molar-refractivity contribution in [2.45, 2.75) is 45.1 Å². The van der Waals surface area contributed by atoms with Crippen molar-refractivity contribution >= 4 is 11.5 Å². The van der Waals surface area contributed by atoms with E-state index in [1.54, 1.807) is 6.20 Å². The van der Waals surface area contributed by atoms with Crippen molar-refractivity contribution in [2.75, 3.05) is 13.1 Å². The second kappa shape index (κ2) is 5.75. The second-order valence-corrected chi connectivity index (χ2v) is 7.35. The number of carbonyl (C=O) groups is 1. The highest BCUT2D eigenvalue weighted by Gasteiger charge is 2.41. The predicted octanol–water partition coefficient (Wildman–Crippen LogP) is 2.28. The zero-order valence-electron chi connectivity index (χ0n) is 14.0. The molecule has 1 spiro atoms. The number of ketones is 1. The highest BCUT2D eigenvalue weighted by Crippen LogP contribution is 2.50. The Morgan fingerprint density at radius 2 is 2.04 bits per heavy atom. The van der Waals surface area contributed by atoms with Gasteiger partial charge in [0.25, 0.3) is 0 Å². The third-order valence-electron chi connectivity index (χ3n) is 6.07. The summed E-state index contributed by atoms with van der Waals surface area (Å²) in [5.74, 6) is 2.70. The van der Waals surface area contributed by atoms with E-state index in [2.05, 4.69) is 15.8 Å². The van der Waals surface area contributed by atoms with E-state index >= 15 is 0 Å². The van der Waals surface area contributed by atoms with Gasteiger partial charge in [-0.25, -0.2) is 0 Å². The fourth-order valence-electron chi connectivity index (χ4n) is 4.39. The number of likely N-dealkylation sites (tertiary alicyclic amines) is 1. The molecule has 1 saturated carbocycles. The number of nitrogens with zero attached hydrogens (tertiary/aromatic N) is 2. The van der Waals surface area contributed by atoms with E-state index in [9.17, 15) is 4.79 Å². The first-order valence-electron chi connectivity index (χ1n) is 8.83. The number of rotatable bonds is 2. The molecular weight excluding hydrogens is 298 g/mol. The Bertz CT molecular complexity index is 758. The summed E-state index contributed by atoms with van der Waals surface area (Å²) in [5.41, 5.74) is 10.7. The van der Waals surface area contributed by atoms with Crippen molar-refractivity contribution in [1.82, 2.24) is 9.88 Å². The Balaban J connectivity index is 1.73. The smallest absolute Gasteiger partial charge is 0.177 e. The number of nitrogens with two attached hydrogens (primary N) is 1. The predicted molar refractivity (Wildman–Crippen MR) is 93.7 cm³/mol. The normalized spacial score (nSPS) is 22.2. The molecule has 2 aliphatic carbocycles. The molecular formula is C20H23N3O. The summed E-state index contributed by atoms with van der Waals surface area (Å²) in [6.07, 6.45) is 14.3. The monoisotopic (exact) mass is 321 g/mol. The highest BCUT2D eigenvalue weighted by molar-refractivity contribution is 6.10. The van der Waals surface area contributed by atoms with E-state index in [4.69, 9.17) is 12.2 Å². The molecule has 0 atom stereocenters. The van der Waals surface area contributed by atoms with Gasteiger partial charge in [-0.05, 0) is 42.7 Å². The fourth-order valence-corrected chi connectivity index (χ4v) is 4.39. The van der Waals surface area contributed by atoms with Crippen LogP contribution in [0.25, 0.3) is 5.70 Å². The van der Waals surface area contributed by atoms with E-state index in [0.29, 0.717) is 24.0 Å². The summed E-state index contributed by atoms with van der Waals surface area (Å²) in [4.78, 5) is 19.2. The molecule has 0 unspecified atom stereocenters. The van der Waals surface area contributed by atoms with E-state index < -0.39 is 0 Å². The van der Waals surface area contributed by atoms with E-state index in [1.807, 2.05) is 6.07 Å². The number of Topliss-reactive ketones (excluding diaryl/α,β-unsaturated/α-hetero) is 1. The van der Waals surface area contributed by atoms with Gasteiger partial charge >= 0.3 is 0 Å². The van der Waals surface area contributed by atoms with Crippen molar-refractivity contribution in [2.24, 2.45) is 11.1 Å². The summed E-state index contributed by atoms with van der Waals surface area (Å²) >= 11 is 0. The molecule has 124 valence electrons. The van der Waals surface area contributed by atoms with Gasteiger partial charge in [0.15, 0.2) is 5.78 Å². The molecule has 3 aliphatic rings. The summed E-state index contributed by atoms with van der Waals surface area (Å²) in [5, 5.41) is 0. The van der Waals surface area contributed by atoms with Gasteiger partial charge < -0.3 is 10.6 Å². The first-order valence-corrected chi connectivity index (χ1v) is 8.83. The summed E-state index contributed by atoms with van der Waals surface area (Å²) in [7, 11) is 0. The molecule has 0 radical (unpaired) electrons. The van der Waals surface area contributed by atoms with Gasteiger partial charge in [0.2, 0.25) is 0 Å². The van der Waals surface area contributed by atoms with Gasteiger partial charge in [-0.2, -0.15) is 0 Å². The van der Waals surface area contributed by atoms with Crippen LogP contribution < -0.4 is 5.73 Å². The Hall–Kier alpha value is -2.12. The summed E-state index contributed by atoms with van der Waals surface area (Å²) in [6.45, 7) is 2.35. The molecule has 0 amide bonds. The lowest BCUT2D eigenvalue weighted by atomic mass is 9.63. The van der Waals surface area contributed by atoms with Gasteiger partial charge in [0, 0.05) is 37.8 Å². The van der Waals surface area contributed by atoms with Crippen molar-refractivity contribution in [3.05, 3.63) is 34.7 Å². The average molecular weight is 321 g/mol. The molecule has 24 heavy (non-hydrogen) atoms. The fraction of sp³-hybridized carbons (Fsp3) is 0.500. The van der Waals surface area contributed by atoms with Crippen molar-refractivity contribution in [1.29, 1.82) is 0 Å². The minimum absolute atomic E-state index is 0.0335. The maximum Gasteiger partial charge on any atom is 0.177 e. The van der Waals surface area contributed by atoms with E-state index in [1.165, 1.54) is 32.1 Å². The number of terminal acetylenes is 1. The maximum atomic E-state index is 12.5. The standard InChI is InChI=1S/C20H23N3O/c1-2-16-18(24)10-14-13-22-15(12-21)11-17(14)19(16)23-8-6-20(7-9-23)4-3-5-20/h1,11,13H,3-10,12,21H2. The molecule has 0 aromatic carbocycles. The number of aromatic nitrogens is 1. The third-order valence-corrected chi connectivity index (χ3v) is 6.07. The number of fused-ring (bicyclic) bond motifs is 1. The number of piperidine rings is 1. The first-order chi connectivity index (χ1) is 11.7. The van der Waals surface area contributed by atoms with Crippen molar-refractivity contribution < 1.29 is 4.79 Å². The summed E-state index contributed by atoms with van der Waals surface area (Å²) in [6, 6.07) is 2.02. The lowest BCUT2D eigenvalue weighted by molar-refractivity contribution is -0.114. The van der Waals surface area contributed by atoms with Crippen LogP contribution in [0.4, 0.5) is 0 Å². The lowest BCUT2D eigenvalue weighted by Gasteiger charge is -2.49. The number of hydrogen-bond acceptors (Lipinski definition) is 4. The Morgan fingerprint density at radius 3 is 2.62 bits per heavy atom. The zero-order valence-corrected chi connectivity index (χ0v) is 14.0. The summed E-state index contributed by atoms with van der Waals surface area (Å²) < 4.78 is 0. The maximum absolute atomic E-state index is 12.5. The molecule has 2 fully saturated rings. The van der Waals surface area contributed by atoms with E-state index in [-0.39, 0.29) is 5.78 Å². The number of carbonyl (C=O) groups excluding carboxylic acids is 1. The van der Waals surface area contributed by atoms with Crippen LogP contribution in [0.5, 0.6) is 0 Å². The Kier molecular flexibility index (Phi) is 3.69.